The van der Waals surface area contributed by atoms with E-state index in [1.165, 1.54) is 0 Å². The highest BCUT2D eigenvalue weighted by Crippen LogP contribution is 2.37. The zero-order valence-corrected chi connectivity index (χ0v) is 15.8. The number of fused-ring (bicyclic) bond motifs is 3. The van der Waals surface area contributed by atoms with Crippen molar-refractivity contribution in [1.29, 1.82) is 0 Å². The fraction of sp³-hybridized carbons (Fsp3) is 0.421. The van der Waals surface area contributed by atoms with E-state index in [9.17, 15) is 10.0 Å². The van der Waals surface area contributed by atoms with Gasteiger partial charge < -0.3 is 19.8 Å². The Kier molecular flexibility index (Phi) is 4.68. The molecule has 0 radical (unpaired) electrons. The fourth-order valence-electron chi connectivity index (χ4n) is 4.08. The maximum atomic E-state index is 11.2. The molecule has 1 aliphatic carbocycles. The molecule has 28 heavy (non-hydrogen) atoms. The van der Waals surface area contributed by atoms with Crippen LogP contribution in [0.3, 0.4) is 0 Å². The Morgan fingerprint density at radius 3 is 2.46 bits per heavy atom. The highest BCUT2D eigenvalue weighted by molar-refractivity contribution is 6.03. The lowest BCUT2D eigenvalue weighted by molar-refractivity contribution is -0.0864. The molecule has 2 aromatic heterocycles. The number of pyridine rings is 1. The predicted octanol–water partition coefficient (Wildman–Crippen LogP) is 2.86. The SMILES string of the molecule is COc1cc2ncc3ncn(C4CCC(N(O)C(N)=O)CC4)c3c2cc1OC. The van der Waals surface area contributed by atoms with Crippen molar-refractivity contribution >= 4 is 28.0 Å². The van der Waals surface area contributed by atoms with Crippen LogP contribution < -0.4 is 15.2 Å². The minimum absolute atomic E-state index is 0.209. The summed E-state index contributed by atoms with van der Waals surface area (Å²) in [6.45, 7) is 0. The normalized spacial score (nSPS) is 19.7. The number of nitrogens with zero attached hydrogens (tertiary/aromatic N) is 4. The van der Waals surface area contributed by atoms with Gasteiger partial charge in [0, 0.05) is 17.5 Å². The second-order valence-corrected chi connectivity index (χ2v) is 7.01. The third kappa shape index (κ3) is 2.97. The zero-order valence-electron chi connectivity index (χ0n) is 15.8. The van der Waals surface area contributed by atoms with Crippen LogP contribution in [-0.2, 0) is 0 Å². The van der Waals surface area contributed by atoms with Crippen molar-refractivity contribution in [2.45, 2.75) is 37.8 Å². The van der Waals surface area contributed by atoms with E-state index in [4.69, 9.17) is 15.2 Å². The number of rotatable bonds is 4. The van der Waals surface area contributed by atoms with E-state index in [1.54, 1.807) is 20.4 Å². The standard InChI is InChI=1S/C19H23N5O4/c1-27-16-7-13-14(8-17(16)28-2)21-9-15-18(13)23(10-22-15)11-3-5-12(6-4-11)24(26)19(20)25/h7-12,26H,3-6H2,1-2H3,(H2,20,25). The van der Waals surface area contributed by atoms with Crippen molar-refractivity contribution < 1.29 is 19.5 Å². The Labute approximate surface area is 161 Å². The van der Waals surface area contributed by atoms with E-state index >= 15 is 0 Å². The van der Waals surface area contributed by atoms with Gasteiger partial charge in [0.15, 0.2) is 11.5 Å². The number of carbonyl (C=O) groups excluding carboxylic acids is 1. The number of amides is 2. The summed E-state index contributed by atoms with van der Waals surface area (Å²) < 4.78 is 13.0. The van der Waals surface area contributed by atoms with Crippen LogP contribution in [-0.4, -0.2) is 51.1 Å². The van der Waals surface area contributed by atoms with Crippen molar-refractivity contribution in [1.82, 2.24) is 19.6 Å². The molecule has 3 aromatic rings. The van der Waals surface area contributed by atoms with Crippen LogP contribution in [0.1, 0.15) is 31.7 Å². The summed E-state index contributed by atoms with van der Waals surface area (Å²) in [6.07, 6.45) is 6.54. The minimum Gasteiger partial charge on any atom is -0.493 e. The molecule has 2 amide bonds. The van der Waals surface area contributed by atoms with Gasteiger partial charge in [-0.3, -0.25) is 10.2 Å². The quantitative estimate of drug-likeness (QED) is 0.527. The molecule has 1 fully saturated rings. The van der Waals surface area contributed by atoms with Crippen molar-refractivity contribution in [2.24, 2.45) is 5.73 Å². The summed E-state index contributed by atoms with van der Waals surface area (Å²) in [7, 11) is 3.21. The molecular weight excluding hydrogens is 362 g/mol. The first-order chi connectivity index (χ1) is 13.5. The number of ether oxygens (including phenoxy) is 2. The Morgan fingerprint density at radius 2 is 1.82 bits per heavy atom. The summed E-state index contributed by atoms with van der Waals surface area (Å²) in [5.41, 5.74) is 7.78. The predicted molar refractivity (Wildman–Crippen MR) is 103 cm³/mol. The summed E-state index contributed by atoms with van der Waals surface area (Å²) >= 11 is 0. The number of imidazole rings is 1. The largest absolute Gasteiger partial charge is 0.493 e. The van der Waals surface area contributed by atoms with Gasteiger partial charge >= 0.3 is 6.03 Å². The molecule has 148 valence electrons. The lowest BCUT2D eigenvalue weighted by Gasteiger charge is -2.33. The summed E-state index contributed by atoms with van der Waals surface area (Å²) in [5, 5.41) is 11.4. The van der Waals surface area contributed by atoms with Crippen LogP contribution in [0.15, 0.2) is 24.7 Å². The molecule has 2 heterocycles. The molecule has 0 saturated heterocycles. The van der Waals surface area contributed by atoms with Gasteiger partial charge in [0.1, 0.15) is 5.52 Å². The smallest absolute Gasteiger partial charge is 0.338 e. The monoisotopic (exact) mass is 385 g/mol. The van der Waals surface area contributed by atoms with Crippen molar-refractivity contribution in [3.8, 4) is 11.5 Å². The topological polar surface area (TPSA) is 116 Å². The van der Waals surface area contributed by atoms with E-state index in [2.05, 4.69) is 14.5 Å². The number of primary amides is 1. The highest BCUT2D eigenvalue weighted by Gasteiger charge is 2.29. The van der Waals surface area contributed by atoms with Gasteiger partial charge in [-0.1, -0.05) is 0 Å². The van der Waals surface area contributed by atoms with Gasteiger partial charge in [-0.05, 0) is 31.7 Å². The van der Waals surface area contributed by atoms with Crippen LogP contribution >= 0.6 is 0 Å². The Bertz CT molecular complexity index is 1030. The number of carbonyl (C=O) groups is 1. The number of hydrogen-bond donors (Lipinski definition) is 2. The van der Waals surface area contributed by atoms with Crippen LogP contribution in [0.5, 0.6) is 11.5 Å². The van der Waals surface area contributed by atoms with Gasteiger partial charge in [-0.15, -0.1) is 0 Å². The highest BCUT2D eigenvalue weighted by atomic mass is 16.5. The molecule has 0 aliphatic heterocycles. The molecule has 4 rings (SSSR count). The van der Waals surface area contributed by atoms with Crippen LogP contribution in [0.4, 0.5) is 4.79 Å². The molecule has 0 spiro atoms. The Morgan fingerprint density at radius 1 is 1.14 bits per heavy atom. The first kappa shape index (κ1) is 18.3. The third-order valence-corrected chi connectivity index (χ3v) is 5.54. The molecule has 9 heteroatoms. The molecular formula is C19H23N5O4. The number of benzene rings is 1. The van der Waals surface area contributed by atoms with Crippen LogP contribution in [0.2, 0.25) is 0 Å². The van der Waals surface area contributed by atoms with E-state index in [0.717, 1.165) is 34.8 Å². The summed E-state index contributed by atoms with van der Waals surface area (Å²) in [6, 6.07) is 2.94. The van der Waals surface area contributed by atoms with Gasteiger partial charge in [0.05, 0.1) is 43.8 Å². The van der Waals surface area contributed by atoms with Gasteiger partial charge in [-0.2, -0.15) is 0 Å². The molecule has 1 aromatic carbocycles. The number of aromatic nitrogens is 3. The van der Waals surface area contributed by atoms with Gasteiger partial charge in [-0.25, -0.2) is 14.8 Å². The molecule has 0 atom stereocenters. The maximum absolute atomic E-state index is 11.2. The maximum Gasteiger partial charge on any atom is 0.338 e. The third-order valence-electron chi connectivity index (χ3n) is 5.54. The van der Waals surface area contributed by atoms with Crippen molar-refractivity contribution in [3.05, 3.63) is 24.7 Å². The molecule has 0 bridgehead atoms. The number of urea groups is 1. The zero-order chi connectivity index (χ0) is 19.8. The summed E-state index contributed by atoms with van der Waals surface area (Å²) in [5.74, 6) is 1.26. The van der Waals surface area contributed by atoms with Crippen molar-refractivity contribution in [2.75, 3.05) is 14.2 Å². The Balaban J connectivity index is 1.72. The first-order valence-electron chi connectivity index (χ1n) is 9.18. The van der Waals surface area contributed by atoms with E-state index in [-0.39, 0.29) is 12.1 Å². The van der Waals surface area contributed by atoms with E-state index < -0.39 is 6.03 Å². The lowest BCUT2D eigenvalue weighted by atomic mass is 9.90. The number of methoxy groups -OCH3 is 2. The molecule has 0 unspecified atom stereocenters. The first-order valence-corrected chi connectivity index (χ1v) is 9.18. The second-order valence-electron chi connectivity index (χ2n) is 7.01. The minimum atomic E-state index is -0.811. The Hall–Kier alpha value is -3.07. The van der Waals surface area contributed by atoms with E-state index in [0.29, 0.717) is 29.4 Å². The lowest BCUT2D eigenvalue weighted by Crippen LogP contribution is -2.43. The van der Waals surface area contributed by atoms with Gasteiger partial charge in [0.25, 0.3) is 0 Å². The van der Waals surface area contributed by atoms with Crippen LogP contribution in [0.25, 0.3) is 21.9 Å². The number of nitrogens with two attached hydrogens (primary N) is 1. The molecule has 1 saturated carbocycles. The second kappa shape index (κ2) is 7.16. The van der Waals surface area contributed by atoms with Crippen LogP contribution in [0, 0.1) is 0 Å². The summed E-state index contributed by atoms with van der Waals surface area (Å²) in [4.78, 5) is 20.2. The van der Waals surface area contributed by atoms with Gasteiger partial charge in [0.2, 0.25) is 0 Å². The molecule has 1 aliphatic rings. The fourth-order valence-corrected chi connectivity index (χ4v) is 4.08. The average Bonchev–Trinajstić information content (AvgIpc) is 3.16. The van der Waals surface area contributed by atoms with E-state index in [1.807, 2.05) is 18.5 Å². The average molecular weight is 385 g/mol. The molecule has 3 N–H and O–H groups in total. The number of hydroxylamine groups is 2. The van der Waals surface area contributed by atoms with Crippen molar-refractivity contribution in [3.63, 3.8) is 0 Å². The molecule has 9 nitrogen and oxygen atoms in total. The number of hydrogen-bond acceptors (Lipinski definition) is 6.